The monoisotopic (exact) mass is 239 g/mol. The minimum absolute atomic E-state index is 0.00199. The average molecular weight is 239 g/mol. The fraction of sp³-hybridized carbons (Fsp3) is 0.667. The lowest BCUT2D eigenvalue weighted by molar-refractivity contribution is 0.0960. The van der Waals surface area contributed by atoms with Crippen LogP contribution in [-0.2, 0) is 6.54 Å². The van der Waals surface area contributed by atoms with E-state index < -0.39 is 0 Å². The van der Waals surface area contributed by atoms with Gasteiger partial charge in [-0.15, -0.1) is 0 Å². The Bertz CT molecular complexity index is 374. The molecule has 1 rings (SSSR count). The van der Waals surface area contributed by atoms with Gasteiger partial charge in [0, 0.05) is 19.0 Å². The van der Waals surface area contributed by atoms with E-state index in [1.165, 1.54) is 0 Å². The molecule has 0 aliphatic rings. The van der Waals surface area contributed by atoms with Crippen LogP contribution < -0.4 is 10.5 Å². The van der Waals surface area contributed by atoms with Crippen molar-refractivity contribution in [3.63, 3.8) is 0 Å². The Balaban J connectivity index is 2.92. The van der Waals surface area contributed by atoms with Crippen LogP contribution >= 0.6 is 0 Å². The molecule has 1 unspecified atom stereocenters. The second kappa shape index (κ2) is 6.39. The van der Waals surface area contributed by atoms with Crippen molar-refractivity contribution in [3.05, 3.63) is 11.9 Å². The molecule has 2 N–H and O–H groups in total. The Morgan fingerprint density at radius 3 is 2.82 bits per heavy atom. The van der Waals surface area contributed by atoms with Crippen LogP contribution in [0.25, 0.3) is 0 Å². The summed E-state index contributed by atoms with van der Waals surface area (Å²) in [5.74, 6) is 0.536. The van der Waals surface area contributed by atoms with Crippen LogP contribution in [0.2, 0.25) is 0 Å². The number of Topliss-reactive ketones (excluding diaryl/α,β-unsaturated/α-hetero) is 1. The molecule has 0 saturated carbocycles. The molecule has 5 nitrogen and oxygen atoms in total. The number of hydrogen-bond donors (Lipinski definition) is 1. The lowest BCUT2D eigenvalue weighted by Gasteiger charge is -2.10. The van der Waals surface area contributed by atoms with E-state index >= 15 is 0 Å². The summed E-state index contributed by atoms with van der Waals surface area (Å²) in [5, 5.41) is 4.16. The van der Waals surface area contributed by atoms with Gasteiger partial charge in [0.05, 0.1) is 13.3 Å². The summed E-state index contributed by atoms with van der Waals surface area (Å²) in [5.41, 5.74) is 6.34. The van der Waals surface area contributed by atoms with Gasteiger partial charge < -0.3 is 10.5 Å². The van der Waals surface area contributed by atoms with Crippen LogP contribution in [0.3, 0.4) is 0 Å². The molecule has 0 aromatic carbocycles. The third kappa shape index (κ3) is 3.30. The molecule has 1 aromatic rings. The zero-order valence-corrected chi connectivity index (χ0v) is 10.8. The molecular formula is C12H21N3O2. The van der Waals surface area contributed by atoms with Crippen LogP contribution in [0, 0.1) is 0 Å². The molecule has 1 atom stereocenters. The predicted molar refractivity (Wildman–Crippen MR) is 66.3 cm³/mol. The first kappa shape index (κ1) is 13.7. The third-order valence-corrected chi connectivity index (χ3v) is 2.70. The van der Waals surface area contributed by atoms with Gasteiger partial charge in [-0.05, 0) is 12.8 Å². The second-order valence-corrected chi connectivity index (χ2v) is 4.08. The zero-order valence-electron chi connectivity index (χ0n) is 10.8. The standard InChI is InChI=1S/C12H21N3O2/c1-4-6-15-12(11(17-3)8-14-15)10(16)7-9(13)5-2/h8-9H,4-7,13H2,1-3H3. The van der Waals surface area contributed by atoms with Gasteiger partial charge in [0.15, 0.2) is 11.5 Å². The first-order valence-electron chi connectivity index (χ1n) is 6.02. The average Bonchev–Trinajstić information content (AvgIpc) is 2.72. The molecule has 1 heterocycles. The molecule has 0 fully saturated rings. The van der Waals surface area contributed by atoms with Gasteiger partial charge in [-0.3, -0.25) is 9.48 Å². The molecule has 0 aliphatic heterocycles. The van der Waals surface area contributed by atoms with Gasteiger partial charge in [-0.1, -0.05) is 13.8 Å². The molecule has 5 heteroatoms. The Hall–Kier alpha value is -1.36. The minimum Gasteiger partial charge on any atom is -0.493 e. The van der Waals surface area contributed by atoms with Crippen LogP contribution in [0.5, 0.6) is 5.75 Å². The lowest BCUT2D eigenvalue weighted by Crippen LogP contribution is -2.24. The number of ether oxygens (including phenoxy) is 1. The number of aromatic nitrogens is 2. The Morgan fingerprint density at radius 1 is 1.59 bits per heavy atom. The SMILES string of the molecule is CCCn1ncc(OC)c1C(=O)CC(N)CC. The molecular weight excluding hydrogens is 218 g/mol. The molecule has 0 aliphatic carbocycles. The van der Waals surface area contributed by atoms with Crippen LogP contribution in [0.15, 0.2) is 6.20 Å². The molecule has 96 valence electrons. The van der Waals surface area contributed by atoms with Crippen molar-refractivity contribution >= 4 is 5.78 Å². The molecule has 0 bridgehead atoms. The molecule has 1 aromatic heterocycles. The van der Waals surface area contributed by atoms with E-state index in [1.807, 2.05) is 13.8 Å². The second-order valence-electron chi connectivity index (χ2n) is 4.08. The molecule has 17 heavy (non-hydrogen) atoms. The summed E-state index contributed by atoms with van der Waals surface area (Å²) in [6.07, 6.45) is 3.63. The maximum absolute atomic E-state index is 12.1. The fourth-order valence-corrected chi connectivity index (χ4v) is 1.66. The highest BCUT2D eigenvalue weighted by molar-refractivity contribution is 5.97. The highest BCUT2D eigenvalue weighted by atomic mass is 16.5. The van der Waals surface area contributed by atoms with Crippen molar-refractivity contribution in [3.8, 4) is 5.75 Å². The van der Waals surface area contributed by atoms with E-state index in [-0.39, 0.29) is 11.8 Å². The third-order valence-electron chi connectivity index (χ3n) is 2.70. The van der Waals surface area contributed by atoms with Gasteiger partial charge in [0.25, 0.3) is 0 Å². The normalized spacial score (nSPS) is 12.5. The number of hydrogen-bond acceptors (Lipinski definition) is 4. The quantitative estimate of drug-likeness (QED) is 0.734. The van der Waals surface area contributed by atoms with Crippen LogP contribution in [0.1, 0.15) is 43.6 Å². The smallest absolute Gasteiger partial charge is 0.186 e. The Kier molecular flexibility index (Phi) is 5.15. The highest BCUT2D eigenvalue weighted by Gasteiger charge is 2.20. The number of carbonyl (C=O) groups excluding carboxylic acids is 1. The Morgan fingerprint density at radius 2 is 2.29 bits per heavy atom. The number of rotatable bonds is 7. The number of nitrogens with two attached hydrogens (primary N) is 1. The topological polar surface area (TPSA) is 70.1 Å². The van der Waals surface area contributed by atoms with Crippen molar-refractivity contribution in [2.24, 2.45) is 5.73 Å². The summed E-state index contributed by atoms with van der Waals surface area (Å²) in [6, 6.07) is -0.0998. The molecule has 0 saturated heterocycles. The van der Waals surface area contributed by atoms with Gasteiger partial charge >= 0.3 is 0 Å². The minimum atomic E-state index is -0.0998. The number of methoxy groups -OCH3 is 1. The van der Waals surface area contributed by atoms with Gasteiger partial charge in [-0.25, -0.2) is 0 Å². The summed E-state index contributed by atoms with van der Waals surface area (Å²) in [6.45, 7) is 4.73. The predicted octanol–water partition coefficient (Wildman–Crippen LogP) is 1.61. The van der Waals surface area contributed by atoms with Gasteiger partial charge in [0.2, 0.25) is 0 Å². The summed E-state index contributed by atoms with van der Waals surface area (Å²) < 4.78 is 6.86. The lowest BCUT2D eigenvalue weighted by atomic mass is 10.1. The van der Waals surface area contributed by atoms with Crippen molar-refractivity contribution in [1.29, 1.82) is 0 Å². The first-order valence-corrected chi connectivity index (χ1v) is 6.02. The summed E-state index contributed by atoms with van der Waals surface area (Å²) >= 11 is 0. The zero-order chi connectivity index (χ0) is 12.8. The molecule has 0 radical (unpaired) electrons. The van der Waals surface area contributed by atoms with Crippen molar-refractivity contribution in [1.82, 2.24) is 9.78 Å². The number of carbonyl (C=O) groups is 1. The van der Waals surface area contributed by atoms with Gasteiger partial charge in [0.1, 0.15) is 5.69 Å². The summed E-state index contributed by atoms with van der Waals surface area (Å²) in [7, 11) is 1.55. The van der Waals surface area contributed by atoms with Crippen LogP contribution in [-0.4, -0.2) is 28.7 Å². The van der Waals surface area contributed by atoms with E-state index in [9.17, 15) is 4.79 Å². The molecule has 0 amide bonds. The van der Waals surface area contributed by atoms with Crippen molar-refractivity contribution in [2.75, 3.05) is 7.11 Å². The van der Waals surface area contributed by atoms with E-state index in [4.69, 9.17) is 10.5 Å². The maximum Gasteiger partial charge on any atom is 0.186 e. The summed E-state index contributed by atoms with van der Waals surface area (Å²) in [4.78, 5) is 12.1. The van der Waals surface area contributed by atoms with Crippen molar-refractivity contribution < 1.29 is 9.53 Å². The largest absolute Gasteiger partial charge is 0.493 e. The fourth-order valence-electron chi connectivity index (χ4n) is 1.66. The molecule has 0 spiro atoms. The van der Waals surface area contributed by atoms with Crippen molar-refractivity contribution in [2.45, 2.75) is 45.7 Å². The maximum atomic E-state index is 12.1. The first-order chi connectivity index (χ1) is 8.13. The van der Waals surface area contributed by atoms with Crippen LogP contribution in [0.4, 0.5) is 0 Å². The number of aryl methyl sites for hydroxylation is 1. The van der Waals surface area contributed by atoms with E-state index in [0.717, 1.165) is 12.8 Å². The number of nitrogens with zero attached hydrogens (tertiary/aromatic N) is 2. The van der Waals surface area contributed by atoms with E-state index in [0.29, 0.717) is 24.4 Å². The number of ketones is 1. The van der Waals surface area contributed by atoms with E-state index in [2.05, 4.69) is 5.10 Å². The highest BCUT2D eigenvalue weighted by Crippen LogP contribution is 2.20. The Labute approximate surface area is 102 Å². The van der Waals surface area contributed by atoms with Gasteiger partial charge in [-0.2, -0.15) is 5.10 Å². The van der Waals surface area contributed by atoms with E-state index in [1.54, 1.807) is 18.0 Å².